The Labute approximate surface area is 123 Å². The van der Waals surface area contributed by atoms with Gasteiger partial charge in [0.15, 0.2) is 0 Å². The minimum atomic E-state index is -0.285. The molecule has 0 spiro atoms. The number of aryl methyl sites for hydroxylation is 1. The van der Waals surface area contributed by atoms with Crippen molar-refractivity contribution >= 4 is 11.8 Å². The van der Waals surface area contributed by atoms with E-state index in [1.165, 1.54) is 0 Å². The van der Waals surface area contributed by atoms with E-state index in [1.54, 1.807) is 30.0 Å². The summed E-state index contributed by atoms with van der Waals surface area (Å²) in [7, 11) is 3.31. The summed E-state index contributed by atoms with van der Waals surface area (Å²) in [5, 5.41) is 3.87. The van der Waals surface area contributed by atoms with Gasteiger partial charge in [-0.3, -0.25) is 9.59 Å². The van der Waals surface area contributed by atoms with E-state index in [0.29, 0.717) is 37.7 Å². The van der Waals surface area contributed by atoms with Gasteiger partial charge in [-0.05, 0) is 6.92 Å². The first-order valence-corrected chi connectivity index (χ1v) is 6.95. The standard InChI is InChI=1S/C14H21N3O4/c1-10-6-12(15-21-10)9-16(2)14(19)11-7-13(18)17(8-11)4-5-20-3/h6,11H,4-5,7-9H2,1-3H3/t11-/m1/s1. The van der Waals surface area contributed by atoms with Crippen LogP contribution in [0.15, 0.2) is 10.6 Å². The second-order valence-electron chi connectivity index (χ2n) is 5.36. The smallest absolute Gasteiger partial charge is 0.228 e. The van der Waals surface area contributed by atoms with Crippen molar-refractivity contribution in [2.45, 2.75) is 19.9 Å². The highest BCUT2D eigenvalue weighted by atomic mass is 16.5. The number of likely N-dealkylation sites (tertiary alicyclic amines) is 1. The van der Waals surface area contributed by atoms with Crippen molar-refractivity contribution in [3.05, 3.63) is 17.5 Å². The van der Waals surface area contributed by atoms with E-state index >= 15 is 0 Å². The van der Waals surface area contributed by atoms with E-state index in [-0.39, 0.29) is 24.2 Å². The first-order chi connectivity index (χ1) is 10.0. The molecule has 0 bridgehead atoms. The maximum Gasteiger partial charge on any atom is 0.228 e. The highest BCUT2D eigenvalue weighted by molar-refractivity contribution is 5.89. The van der Waals surface area contributed by atoms with Crippen LogP contribution in [0.4, 0.5) is 0 Å². The summed E-state index contributed by atoms with van der Waals surface area (Å²) < 4.78 is 9.95. The van der Waals surface area contributed by atoms with Crippen molar-refractivity contribution in [3.63, 3.8) is 0 Å². The van der Waals surface area contributed by atoms with Crippen LogP contribution < -0.4 is 0 Å². The van der Waals surface area contributed by atoms with Crippen LogP contribution in [0.2, 0.25) is 0 Å². The molecule has 1 fully saturated rings. The minimum absolute atomic E-state index is 0.0103. The second-order valence-corrected chi connectivity index (χ2v) is 5.36. The maximum atomic E-state index is 12.4. The van der Waals surface area contributed by atoms with Crippen LogP contribution in [-0.2, 0) is 20.9 Å². The van der Waals surface area contributed by atoms with Crippen LogP contribution in [-0.4, -0.2) is 60.6 Å². The number of hydrogen-bond acceptors (Lipinski definition) is 5. The third kappa shape index (κ3) is 3.81. The Bertz CT molecular complexity index is 514. The lowest BCUT2D eigenvalue weighted by atomic mass is 10.1. The summed E-state index contributed by atoms with van der Waals surface area (Å²) >= 11 is 0. The molecule has 1 aromatic rings. The van der Waals surface area contributed by atoms with Gasteiger partial charge in [-0.2, -0.15) is 0 Å². The van der Waals surface area contributed by atoms with Gasteiger partial charge in [0.05, 0.1) is 19.1 Å². The van der Waals surface area contributed by atoms with Crippen molar-refractivity contribution in [1.29, 1.82) is 0 Å². The topological polar surface area (TPSA) is 75.9 Å². The lowest BCUT2D eigenvalue weighted by Gasteiger charge is -2.20. The molecule has 0 N–H and O–H groups in total. The normalized spacial score (nSPS) is 18.3. The van der Waals surface area contributed by atoms with Gasteiger partial charge in [0, 0.05) is 39.7 Å². The first-order valence-electron chi connectivity index (χ1n) is 6.95. The molecule has 0 radical (unpaired) electrons. The molecule has 1 saturated heterocycles. The summed E-state index contributed by atoms with van der Waals surface area (Å²) in [6.07, 6.45) is 0.269. The molecular formula is C14H21N3O4. The van der Waals surface area contributed by atoms with Gasteiger partial charge in [0.2, 0.25) is 11.8 Å². The third-order valence-corrected chi connectivity index (χ3v) is 3.58. The third-order valence-electron chi connectivity index (χ3n) is 3.58. The monoisotopic (exact) mass is 295 g/mol. The maximum absolute atomic E-state index is 12.4. The average Bonchev–Trinajstić information content (AvgIpc) is 3.02. The zero-order valence-corrected chi connectivity index (χ0v) is 12.7. The van der Waals surface area contributed by atoms with Gasteiger partial charge in [0.25, 0.3) is 0 Å². The van der Waals surface area contributed by atoms with Crippen molar-refractivity contribution in [2.24, 2.45) is 5.92 Å². The van der Waals surface area contributed by atoms with Crippen molar-refractivity contribution < 1.29 is 18.8 Å². The number of hydrogen-bond donors (Lipinski definition) is 0. The van der Waals surface area contributed by atoms with Crippen molar-refractivity contribution in [1.82, 2.24) is 15.0 Å². The van der Waals surface area contributed by atoms with Gasteiger partial charge in [-0.25, -0.2) is 0 Å². The van der Waals surface area contributed by atoms with E-state index in [0.717, 1.165) is 0 Å². The zero-order chi connectivity index (χ0) is 15.4. The summed E-state index contributed by atoms with van der Waals surface area (Å²) in [5.41, 5.74) is 0.712. The molecule has 1 atom stereocenters. The Balaban J connectivity index is 1.89. The van der Waals surface area contributed by atoms with Crippen molar-refractivity contribution in [3.8, 4) is 0 Å². The number of aromatic nitrogens is 1. The Kier molecular flexibility index (Phi) is 4.95. The summed E-state index contributed by atoms with van der Waals surface area (Å²) in [4.78, 5) is 27.5. The van der Waals surface area contributed by atoms with E-state index in [1.807, 2.05) is 6.92 Å². The zero-order valence-electron chi connectivity index (χ0n) is 12.7. The molecule has 0 aliphatic carbocycles. The largest absolute Gasteiger partial charge is 0.383 e. The lowest BCUT2D eigenvalue weighted by Crippen LogP contribution is -2.35. The Morgan fingerprint density at radius 3 is 3.00 bits per heavy atom. The minimum Gasteiger partial charge on any atom is -0.383 e. The molecule has 0 aromatic carbocycles. The van der Waals surface area contributed by atoms with Gasteiger partial charge in [-0.15, -0.1) is 0 Å². The molecule has 2 heterocycles. The number of carbonyl (C=O) groups excluding carboxylic acids is 2. The van der Waals surface area contributed by atoms with Gasteiger partial charge < -0.3 is 19.1 Å². The van der Waals surface area contributed by atoms with Gasteiger partial charge in [-0.1, -0.05) is 5.16 Å². The van der Waals surface area contributed by atoms with Crippen LogP contribution in [0, 0.1) is 12.8 Å². The molecule has 21 heavy (non-hydrogen) atoms. The molecule has 0 unspecified atom stereocenters. The predicted molar refractivity (Wildman–Crippen MR) is 74.3 cm³/mol. The summed E-state index contributed by atoms with van der Waals surface area (Å²) in [6.45, 7) is 3.68. The molecule has 7 nitrogen and oxygen atoms in total. The average molecular weight is 295 g/mol. The highest BCUT2D eigenvalue weighted by Gasteiger charge is 2.35. The number of carbonyl (C=O) groups is 2. The molecule has 1 aliphatic rings. The van der Waals surface area contributed by atoms with Gasteiger partial charge in [0.1, 0.15) is 11.5 Å². The molecule has 1 aliphatic heterocycles. The van der Waals surface area contributed by atoms with E-state index in [4.69, 9.17) is 9.26 Å². The lowest BCUT2D eigenvalue weighted by molar-refractivity contribution is -0.135. The summed E-state index contributed by atoms with van der Waals surface area (Å²) in [6, 6.07) is 1.80. The van der Waals surface area contributed by atoms with Crippen LogP contribution in [0.25, 0.3) is 0 Å². The summed E-state index contributed by atoms with van der Waals surface area (Å²) in [5.74, 6) is 0.403. The molecular weight excluding hydrogens is 274 g/mol. The molecule has 1 aromatic heterocycles. The highest BCUT2D eigenvalue weighted by Crippen LogP contribution is 2.20. The Morgan fingerprint density at radius 2 is 2.38 bits per heavy atom. The molecule has 2 rings (SSSR count). The van der Waals surface area contributed by atoms with Crippen LogP contribution >= 0.6 is 0 Å². The number of amides is 2. The Morgan fingerprint density at radius 1 is 1.62 bits per heavy atom. The second kappa shape index (κ2) is 6.71. The van der Waals surface area contributed by atoms with Gasteiger partial charge >= 0.3 is 0 Å². The predicted octanol–water partition coefficient (Wildman–Crippen LogP) is 0.436. The fourth-order valence-corrected chi connectivity index (χ4v) is 2.48. The molecule has 2 amide bonds. The van der Waals surface area contributed by atoms with Crippen LogP contribution in [0.3, 0.4) is 0 Å². The molecule has 7 heteroatoms. The quantitative estimate of drug-likeness (QED) is 0.761. The SMILES string of the molecule is COCCN1C[C@H](C(=O)N(C)Cc2cc(C)on2)CC1=O. The number of rotatable bonds is 6. The van der Waals surface area contributed by atoms with Crippen LogP contribution in [0.1, 0.15) is 17.9 Å². The Hall–Kier alpha value is -1.89. The van der Waals surface area contributed by atoms with E-state index < -0.39 is 0 Å². The molecule has 0 saturated carbocycles. The molecule has 116 valence electrons. The fraction of sp³-hybridized carbons (Fsp3) is 0.643. The van der Waals surface area contributed by atoms with Crippen LogP contribution in [0.5, 0.6) is 0 Å². The van der Waals surface area contributed by atoms with Crippen molar-refractivity contribution in [2.75, 3.05) is 33.9 Å². The first kappa shape index (κ1) is 15.5. The number of ether oxygens (including phenoxy) is 1. The van der Waals surface area contributed by atoms with E-state index in [9.17, 15) is 9.59 Å². The number of methoxy groups -OCH3 is 1. The fourth-order valence-electron chi connectivity index (χ4n) is 2.48. The number of nitrogens with zero attached hydrogens (tertiary/aromatic N) is 3. The van der Waals surface area contributed by atoms with E-state index in [2.05, 4.69) is 5.16 Å².